The Morgan fingerprint density at radius 2 is 2.04 bits per heavy atom. The van der Waals surface area contributed by atoms with Crippen molar-refractivity contribution in [3.05, 3.63) is 29.3 Å². The fraction of sp³-hybridized carbons (Fsp3) is 0.650. The molecule has 1 saturated heterocycles. The highest BCUT2D eigenvalue weighted by atomic mass is 16.5. The number of methoxy groups -OCH3 is 2. The van der Waals surface area contributed by atoms with Crippen LogP contribution in [0.5, 0.6) is 5.75 Å². The van der Waals surface area contributed by atoms with Crippen molar-refractivity contribution in [3.8, 4) is 5.75 Å². The van der Waals surface area contributed by atoms with Crippen LogP contribution >= 0.6 is 0 Å². The summed E-state index contributed by atoms with van der Waals surface area (Å²) in [5, 5.41) is 0. The molecule has 1 aromatic carbocycles. The van der Waals surface area contributed by atoms with Crippen LogP contribution in [0.4, 0.5) is 0 Å². The molecule has 1 saturated carbocycles. The van der Waals surface area contributed by atoms with Crippen LogP contribution in [0, 0.1) is 5.92 Å². The van der Waals surface area contributed by atoms with Crippen molar-refractivity contribution < 1.29 is 14.3 Å². The molecule has 4 nitrogen and oxygen atoms in total. The number of Topliss-reactive ketones (excluding diaryl/α,β-unsaturated/α-hetero) is 1. The Bertz CT molecular complexity index is 687. The molecule has 0 unspecified atom stereocenters. The molecule has 0 radical (unpaired) electrons. The van der Waals surface area contributed by atoms with Crippen molar-refractivity contribution in [2.45, 2.75) is 49.7 Å². The molecular formula is C20H27NO3. The third-order valence-corrected chi connectivity index (χ3v) is 7.01. The maximum Gasteiger partial charge on any atom is 0.134 e. The lowest BCUT2D eigenvalue weighted by molar-refractivity contribution is -0.206. The van der Waals surface area contributed by atoms with Gasteiger partial charge in [0.15, 0.2) is 0 Å². The first kappa shape index (κ1) is 16.1. The Morgan fingerprint density at radius 1 is 1.25 bits per heavy atom. The lowest BCUT2D eigenvalue weighted by atomic mass is 9.46. The predicted octanol–water partition coefficient (Wildman–Crippen LogP) is 2.58. The van der Waals surface area contributed by atoms with E-state index in [2.05, 4.69) is 31.0 Å². The van der Waals surface area contributed by atoms with Gasteiger partial charge in [0.1, 0.15) is 11.5 Å². The van der Waals surface area contributed by atoms with Gasteiger partial charge in [-0.25, -0.2) is 0 Å². The van der Waals surface area contributed by atoms with Crippen LogP contribution in [-0.2, 0) is 21.4 Å². The first-order valence-corrected chi connectivity index (χ1v) is 8.93. The summed E-state index contributed by atoms with van der Waals surface area (Å²) in [4.78, 5) is 15.1. The van der Waals surface area contributed by atoms with E-state index >= 15 is 0 Å². The minimum atomic E-state index is -0.298. The maximum absolute atomic E-state index is 12.6. The standard InChI is InChI=1S/C20H27NO3/c1-13-9-15(22)12-19-7-8-21(2)18(20(13,19)24-4)10-14-5-6-16(23-3)11-17(14)19/h5-6,11,13,18H,7-10,12H2,1-4H3/t13-,18+,19-,20+/m0/s1. The van der Waals surface area contributed by atoms with Crippen molar-refractivity contribution in [1.29, 1.82) is 0 Å². The van der Waals surface area contributed by atoms with E-state index in [1.807, 2.05) is 13.2 Å². The molecule has 4 rings (SSSR count). The minimum Gasteiger partial charge on any atom is -0.497 e. The van der Waals surface area contributed by atoms with E-state index in [0.717, 1.165) is 25.1 Å². The highest BCUT2D eigenvalue weighted by Gasteiger charge is 2.67. The van der Waals surface area contributed by atoms with Gasteiger partial charge in [-0.1, -0.05) is 13.0 Å². The van der Waals surface area contributed by atoms with Crippen LogP contribution < -0.4 is 4.74 Å². The monoisotopic (exact) mass is 329 g/mol. The van der Waals surface area contributed by atoms with Gasteiger partial charge < -0.3 is 14.4 Å². The number of ketones is 1. The van der Waals surface area contributed by atoms with Gasteiger partial charge in [0, 0.05) is 31.4 Å². The summed E-state index contributed by atoms with van der Waals surface area (Å²) in [7, 11) is 5.75. The summed E-state index contributed by atoms with van der Waals surface area (Å²) < 4.78 is 11.9. The average Bonchev–Trinajstić information content (AvgIpc) is 2.57. The zero-order valence-electron chi connectivity index (χ0n) is 15.1. The number of nitrogens with zero attached hydrogens (tertiary/aromatic N) is 1. The molecule has 1 aliphatic heterocycles. The Morgan fingerprint density at radius 3 is 2.75 bits per heavy atom. The molecule has 2 aliphatic carbocycles. The second-order valence-electron chi connectivity index (χ2n) is 7.87. The van der Waals surface area contributed by atoms with E-state index in [0.29, 0.717) is 24.7 Å². The van der Waals surface area contributed by atoms with Crippen LogP contribution in [0.15, 0.2) is 18.2 Å². The molecule has 3 aliphatic rings. The largest absolute Gasteiger partial charge is 0.497 e. The van der Waals surface area contributed by atoms with Crippen molar-refractivity contribution in [1.82, 2.24) is 4.90 Å². The third kappa shape index (κ3) is 1.79. The number of likely N-dealkylation sites (N-methyl/N-ethyl adjacent to an activating group) is 1. The SMILES string of the molecule is COc1ccc2c(c1)[C@@]13CCN(C)[C@H](C2)[C@]1(OC)[C@@H](C)CC(=O)C3. The lowest BCUT2D eigenvalue weighted by Crippen LogP contribution is -2.76. The number of hydrogen-bond acceptors (Lipinski definition) is 4. The third-order valence-electron chi connectivity index (χ3n) is 7.01. The fourth-order valence-corrected chi connectivity index (χ4v) is 6.09. The highest BCUT2D eigenvalue weighted by Crippen LogP contribution is 2.60. The molecule has 4 atom stereocenters. The number of likely N-dealkylation sites (tertiary alicyclic amines) is 1. The summed E-state index contributed by atoms with van der Waals surface area (Å²) in [6, 6.07) is 6.71. The summed E-state index contributed by atoms with van der Waals surface area (Å²) >= 11 is 0. The molecule has 0 N–H and O–H groups in total. The molecule has 0 amide bonds. The number of ether oxygens (including phenoxy) is 2. The zero-order valence-corrected chi connectivity index (χ0v) is 15.1. The molecule has 24 heavy (non-hydrogen) atoms. The van der Waals surface area contributed by atoms with Crippen LogP contribution in [-0.4, -0.2) is 50.1 Å². The zero-order chi connectivity index (χ0) is 17.1. The fourth-order valence-electron chi connectivity index (χ4n) is 6.09. The highest BCUT2D eigenvalue weighted by molar-refractivity contribution is 5.83. The number of benzene rings is 1. The van der Waals surface area contributed by atoms with Gasteiger partial charge in [0.25, 0.3) is 0 Å². The molecule has 130 valence electrons. The molecule has 2 bridgehead atoms. The number of carbonyl (C=O) groups is 1. The van der Waals surface area contributed by atoms with E-state index in [1.54, 1.807) is 7.11 Å². The number of fused-ring (bicyclic) bond motifs is 1. The Labute approximate surface area is 144 Å². The molecule has 0 aromatic heterocycles. The van der Waals surface area contributed by atoms with Gasteiger partial charge in [-0.3, -0.25) is 4.79 Å². The van der Waals surface area contributed by atoms with E-state index in [1.165, 1.54) is 11.1 Å². The second kappa shape index (κ2) is 5.30. The first-order valence-electron chi connectivity index (χ1n) is 8.93. The number of carbonyl (C=O) groups excluding carboxylic acids is 1. The molecular weight excluding hydrogens is 302 g/mol. The van der Waals surface area contributed by atoms with Crippen molar-refractivity contribution >= 4 is 5.78 Å². The second-order valence-corrected chi connectivity index (χ2v) is 7.87. The van der Waals surface area contributed by atoms with Gasteiger partial charge in [-0.2, -0.15) is 0 Å². The molecule has 4 heteroatoms. The van der Waals surface area contributed by atoms with Gasteiger partial charge in [-0.15, -0.1) is 0 Å². The predicted molar refractivity (Wildman–Crippen MR) is 92.6 cm³/mol. The first-order chi connectivity index (χ1) is 11.5. The summed E-state index contributed by atoms with van der Waals surface area (Å²) in [6.07, 6.45) is 3.16. The topological polar surface area (TPSA) is 38.8 Å². The van der Waals surface area contributed by atoms with Crippen molar-refractivity contribution in [2.75, 3.05) is 27.8 Å². The molecule has 1 aromatic rings. The number of hydrogen-bond donors (Lipinski definition) is 0. The number of piperidine rings is 1. The van der Waals surface area contributed by atoms with Crippen molar-refractivity contribution in [2.24, 2.45) is 5.92 Å². The maximum atomic E-state index is 12.6. The quantitative estimate of drug-likeness (QED) is 0.836. The van der Waals surface area contributed by atoms with Gasteiger partial charge in [0.2, 0.25) is 0 Å². The van der Waals surface area contributed by atoms with E-state index in [-0.39, 0.29) is 16.9 Å². The summed E-state index contributed by atoms with van der Waals surface area (Å²) in [5.74, 6) is 1.46. The Kier molecular flexibility index (Phi) is 3.56. The van der Waals surface area contributed by atoms with Gasteiger partial charge in [0.05, 0.1) is 12.7 Å². The lowest BCUT2D eigenvalue weighted by Gasteiger charge is -2.66. The molecule has 0 spiro atoms. The van der Waals surface area contributed by atoms with Crippen LogP contribution in [0.3, 0.4) is 0 Å². The molecule has 1 heterocycles. The van der Waals surface area contributed by atoms with E-state index < -0.39 is 0 Å². The van der Waals surface area contributed by atoms with Crippen LogP contribution in [0.2, 0.25) is 0 Å². The van der Waals surface area contributed by atoms with Crippen LogP contribution in [0.1, 0.15) is 37.3 Å². The molecule has 2 fully saturated rings. The van der Waals surface area contributed by atoms with E-state index in [4.69, 9.17) is 9.47 Å². The van der Waals surface area contributed by atoms with Crippen molar-refractivity contribution in [3.63, 3.8) is 0 Å². The summed E-state index contributed by atoms with van der Waals surface area (Å²) in [6.45, 7) is 3.21. The van der Waals surface area contributed by atoms with Gasteiger partial charge >= 0.3 is 0 Å². The van der Waals surface area contributed by atoms with E-state index in [9.17, 15) is 4.79 Å². The minimum absolute atomic E-state index is 0.218. The normalized spacial score (nSPS) is 38.4. The van der Waals surface area contributed by atoms with Gasteiger partial charge in [-0.05, 0) is 55.6 Å². The smallest absolute Gasteiger partial charge is 0.134 e. The average molecular weight is 329 g/mol. The Balaban J connectivity index is 2.01. The Hall–Kier alpha value is -1.39. The number of rotatable bonds is 2. The van der Waals surface area contributed by atoms with Crippen LogP contribution in [0.25, 0.3) is 0 Å². The summed E-state index contributed by atoms with van der Waals surface area (Å²) in [5.41, 5.74) is 2.11.